The second-order valence-electron chi connectivity index (χ2n) is 8.88. The van der Waals surface area contributed by atoms with Crippen LogP contribution in [0, 0.1) is 15.9 Å². The van der Waals surface area contributed by atoms with Crippen LogP contribution in [0.25, 0.3) is 12.2 Å². The van der Waals surface area contributed by atoms with E-state index in [1.54, 1.807) is 41.4 Å². The van der Waals surface area contributed by atoms with Crippen molar-refractivity contribution in [3.8, 4) is 0 Å². The van der Waals surface area contributed by atoms with E-state index in [1.165, 1.54) is 16.7 Å². The van der Waals surface area contributed by atoms with Gasteiger partial charge in [0.1, 0.15) is 11.5 Å². The number of aromatic nitrogens is 4. The molecule has 0 radical (unpaired) electrons. The minimum absolute atomic E-state index is 0.0159. The standard InChI is InChI=1S/C24H24FN5O4/c25-20-10-2-1-5-17(20)15-27-14-16(13-26-27)11-12-21-22(30(33)34)23(31)29(19-8-4-9-19)24(32)28(21)18-6-3-7-18/h1-2,5,10-14,18-19H,3-4,6-9,15H2. The third-order valence-electron chi connectivity index (χ3n) is 6.78. The highest BCUT2D eigenvalue weighted by atomic mass is 19.1. The first-order chi connectivity index (χ1) is 16.4. The molecule has 2 aromatic heterocycles. The van der Waals surface area contributed by atoms with Gasteiger partial charge >= 0.3 is 16.9 Å². The molecule has 1 aromatic carbocycles. The molecule has 3 aromatic rings. The van der Waals surface area contributed by atoms with E-state index in [0.29, 0.717) is 24.0 Å². The summed E-state index contributed by atoms with van der Waals surface area (Å²) in [6.45, 7) is 0.227. The SMILES string of the molecule is O=c1c([N+](=O)[O-])c(C=Cc2cnn(Cc3ccccc3F)c2)n(C2CCC2)c(=O)n1C1CCC1. The van der Waals surface area contributed by atoms with E-state index in [1.807, 2.05) is 0 Å². The Hall–Kier alpha value is -3.82. The summed E-state index contributed by atoms with van der Waals surface area (Å²) in [6.07, 6.45) is 10.9. The molecule has 2 heterocycles. The first-order valence-corrected chi connectivity index (χ1v) is 11.4. The molecule has 0 unspecified atom stereocenters. The summed E-state index contributed by atoms with van der Waals surface area (Å²) >= 11 is 0. The summed E-state index contributed by atoms with van der Waals surface area (Å²) in [6, 6.07) is 5.96. The van der Waals surface area contributed by atoms with Gasteiger partial charge in [-0.1, -0.05) is 18.2 Å². The molecule has 176 valence electrons. The summed E-state index contributed by atoms with van der Waals surface area (Å²) in [7, 11) is 0. The van der Waals surface area contributed by atoms with Crippen LogP contribution in [-0.4, -0.2) is 23.8 Å². The average Bonchev–Trinajstić information content (AvgIpc) is 3.17. The predicted octanol–water partition coefficient (Wildman–Crippen LogP) is 3.92. The summed E-state index contributed by atoms with van der Waals surface area (Å²) in [5, 5.41) is 16.2. The van der Waals surface area contributed by atoms with E-state index in [0.717, 1.165) is 30.3 Å². The van der Waals surface area contributed by atoms with E-state index in [9.17, 15) is 24.1 Å². The van der Waals surface area contributed by atoms with Crippen LogP contribution in [0.4, 0.5) is 10.1 Å². The number of rotatable bonds is 7. The van der Waals surface area contributed by atoms with E-state index in [2.05, 4.69) is 5.10 Å². The average molecular weight is 465 g/mol. The summed E-state index contributed by atoms with van der Waals surface area (Å²) in [4.78, 5) is 37.6. The van der Waals surface area contributed by atoms with Gasteiger partial charge in [-0.3, -0.25) is 28.7 Å². The van der Waals surface area contributed by atoms with Gasteiger partial charge in [0.15, 0.2) is 0 Å². The third-order valence-corrected chi connectivity index (χ3v) is 6.78. The number of halogens is 1. The lowest BCUT2D eigenvalue weighted by atomic mass is 9.91. The first kappa shape index (κ1) is 22.0. The molecular formula is C24H24FN5O4. The molecule has 0 bridgehead atoms. The van der Waals surface area contributed by atoms with Crippen molar-refractivity contribution in [2.24, 2.45) is 0 Å². The maximum absolute atomic E-state index is 13.9. The molecule has 0 aliphatic heterocycles. The highest BCUT2D eigenvalue weighted by molar-refractivity contribution is 5.71. The molecular weight excluding hydrogens is 441 g/mol. The van der Waals surface area contributed by atoms with Gasteiger partial charge in [0.2, 0.25) is 0 Å². The molecule has 2 aliphatic rings. The molecule has 0 amide bonds. The van der Waals surface area contributed by atoms with E-state index in [-0.39, 0.29) is 30.1 Å². The maximum atomic E-state index is 13.9. The third kappa shape index (κ3) is 3.89. The van der Waals surface area contributed by atoms with Gasteiger partial charge in [0.25, 0.3) is 0 Å². The fourth-order valence-electron chi connectivity index (χ4n) is 4.47. The van der Waals surface area contributed by atoms with Crippen molar-refractivity contribution < 1.29 is 9.31 Å². The monoisotopic (exact) mass is 465 g/mol. The van der Waals surface area contributed by atoms with Crippen LogP contribution in [0.2, 0.25) is 0 Å². The molecule has 9 nitrogen and oxygen atoms in total. The van der Waals surface area contributed by atoms with E-state index >= 15 is 0 Å². The highest BCUT2D eigenvalue weighted by Crippen LogP contribution is 2.35. The summed E-state index contributed by atoms with van der Waals surface area (Å²) in [5.41, 5.74) is -0.780. The van der Waals surface area contributed by atoms with Gasteiger partial charge in [0.05, 0.1) is 17.7 Å². The van der Waals surface area contributed by atoms with Crippen molar-refractivity contribution in [1.82, 2.24) is 18.9 Å². The fourth-order valence-corrected chi connectivity index (χ4v) is 4.47. The largest absolute Gasteiger partial charge is 0.357 e. The minimum atomic E-state index is -0.842. The highest BCUT2D eigenvalue weighted by Gasteiger charge is 2.35. The number of hydrogen-bond donors (Lipinski definition) is 0. The second-order valence-corrected chi connectivity index (χ2v) is 8.88. The van der Waals surface area contributed by atoms with Crippen molar-refractivity contribution in [3.63, 3.8) is 0 Å². The van der Waals surface area contributed by atoms with E-state index < -0.39 is 21.9 Å². The molecule has 2 saturated carbocycles. The van der Waals surface area contributed by atoms with Gasteiger partial charge in [-0.25, -0.2) is 9.18 Å². The molecule has 34 heavy (non-hydrogen) atoms. The van der Waals surface area contributed by atoms with Crippen molar-refractivity contribution in [2.45, 2.75) is 57.2 Å². The molecule has 2 fully saturated rings. The van der Waals surface area contributed by atoms with Crippen molar-refractivity contribution in [1.29, 1.82) is 0 Å². The maximum Gasteiger partial charge on any atom is 0.357 e. The lowest BCUT2D eigenvalue weighted by Gasteiger charge is -2.32. The van der Waals surface area contributed by atoms with Gasteiger partial charge in [-0.2, -0.15) is 5.10 Å². The Kier molecular flexibility index (Phi) is 5.72. The molecule has 10 heteroatoms. The van der Waals surface area contributed by atoms with Gasteiger partial charge in [-0.05, 0) is 56.7 Å². The van der Waals surface area contributed by atoms with Crippen molar-refractivity contribution >= 4 is 17.8 Å². The molecule has 5 rings (SSSR count). The number of benzene rings is 1. The Balaban J connectivity index is 1.54. The normalized spacial score (nSPS) is 16.5. The number of nitrogens with zero attached hydrogens (tertiary/aromatic N) is 5. The van der Waals surface area contributed by atoms with Gasteiger partial charge in [0, 0.05) is 29.4 Å². The lowest BCUT2D eigenvalue weighted by molar-refractivity contribution is -0.387. The summed E-state index contributed by atoms with van der Waals surface area (Å²) in [5.74, 6) is -0.331. The smallest absolute Gasteiger partial charge is 0.284 e. The van der Waals surface area contributed by atoms with Crippen LogP contribution in [0.1, 0.15) is 67.4 Å². The number of nitro groups is 1. The molecule has 0 saturated heterocycles. The molecule has 2 aliphatic carbocycles. The Morgan fingerprint density at radius 3 is 2.35 bits per heavy atom. The minimum Gasteiger partial charge on any atom is -0.284 e. The second kappa shape index (κ2) is 8.85. The van der Waals surface area contributed by atoms with Crippen molar-refractivity contribution in [3.05, 3.63) is 90.2 Å². The lowest BCUT2D eigenvalue weighted by Crippen LogP contribution is -2.47. The zero-order valence-electron chi connectivity index (χ0n) is 18.5. The Labute approximate surface area is 193 Å². The van der Waals surface area contributed by atoms with Gasteiger partial charge < -0.3 is 0 Å². The van der Waals surface area contributed by atoms with Crippen LogP contribution in [0.3, 0.4) is 0 Å². The Morgan fingerprint density at radius 2 is 1.74 bits per heavy atom. The summed E-state index contributed by atoms with van der Waals surface area (Å²) < 4.78 is 18.0. The van der Waals surface area contributed by atoms with Crippen LogP contribution in [-0.2, 0) is 6.54 Å². The molecule has 0 atom stereocenters. The Bertz CT molecular complexity index is 1400. The first-order valence-electron chi connectivity index (χ1n) is 11.4. The fraction of sp³-hybridized carbons (Fsp3) is 0.375. The quantitative estimate of drug-likeness (QED) is 0.388. The van der Waals surface area contributed by atoms with Gasteiger partial charge in [-0.15, -0.1) is 0 Å². The zero-order valence-corrected chi connectivity index (χ0v) is 18.5. The van der Waals surface area contributed by atoms with E-state index in [4.69, 9.17) is 0 Å². The van der Waals surface area contributed by atoms with Crippen LogP contribution >= 0.6 is 0 Å². The zero-order chi connectivity index (χ0) is 23.8. The van der Waals surface area contributed by atoms with Crippen molar-refractivity contribution in [2.75, 3.05) is 0 Å². The topological polar surface area (TPSA) is 105 Å². The molecule has 0 N–H and O–H groups in total. The van der Waals surface area contributed by atoms with Crippen LogP contribution in [0.15, 0.2) is 46.2 Å². The van der Waals surface area contributed by atoms with Crippen LogP contribution in [0.5, 0.6) is 0 Å². The Morgan fingerprint density at radius 1 is 1.06 bits per heavy atom. The predicted molar refractivity (Wildman–Crippen MR) is 124 cm³/mol. The molecule has 0 spiro atoms. The van der Waals surface area contributed by atoms with Crippen LogP contribution < -0.4 is 11.2 Å². The number of hydrogen-bond acceptors (Lipinski definition) is 5.